The molecule has 19 nitrogen and oxygen atoms in total. The topological polar surface area (TPSA) is 316 Å². The van der Waals surface area contributed by atoms with Crippen LogP contribution in [-0.2, 0) is 38.2 Å². The van der Waals surface area contributed by atoms with Gasteiger partial charge in [-0.25, -0.2) is 9.59 Å². The fourth-order valence-corrected chi connectivity index (χ4v) is 12.7. The SMILES string of the molecule is CCCCC1=C2C[C@@H](C)C[C@H](C)[C@H](O)[C@@H](C)/C=C(\C)[C@H](OC(N)=O)[C@@H](C)/C=C\C=C(/C)C(=O)NC(=C(c3ccc(OC)cc3)C1=O)C2=O.CCCN.COc1ccc(C2=C3NC(=O)/C(C)=C/C=C\[C@H](C)[C@@H](OC(N)=O)/C(C)=C/[C@H](C)[C@@H](O)[C@@H](C)C[C@H](C)CC(=C(C)C2=O)C3=O)cc1. The van der Waals surface area contributed by atoms with Gasteiger partial charge in [-0.15, -0.1) is 0 Å². The maximum atomic E-state index is 14.4. The van der Waals surface area contributed by atoms with Gasteiger partial charge in [-0.1, -0.05) is 149 Å². The van der Waals surface area contributed by atoms with Gasteiger partial charge in [0.25, 0.3) is 11.8 Å². The highest BCUT2D eigenvalue weighted by Gasteiger charge is 2.39. The Morgan fingerprint density at radius 2 is 0.907 bits per heavy atom. The number of primary amides is 2. The van der Waals surface area contributed by atoms with Crippen molar-refractivity contribution in [1.82, 2.24) is 10.6 Å². The van der Waals surface area contributed by atoms with Gasteiger partial charge in [-0.2, -0.15) is 0 Å². The first-order valence-electron chi connectivity index (χ1n) is 33.8. The molecule has 4 aliphatic rings. The zero-order chi connectivity index (χ0) is 72.7. The number of unbranched alkanes of at least 4 members (excludes halogenated alkanes) is 1. The van der Waals surface area contributed by atoms with Gasteiger partial charge in [0.05, 0.1) is 37.6 Å². The Kier molecular flexibility index (Phi) is 32.1. The number of carbonyl (C=O) groups is 8. The second-order valence-corrected chi connectivity index (χ2v) is 26.6. The van der Waals surface area contributed by atoms with E-state index < -0.39 is 54.2 Å². The lowest BCUT2D eigenvalue weighted by atomic mass is 9.77. The van der Waals surface area contributed by atoms with Crippen molar-refractivity contribution in [1.29, 1.82) is 0 Å². The van der Waals surface area contributed by atoms with E-state index in [4.69, 9.17) is 36.1 Å². The van der Waals surface area contributed by atoms with Crippen LogP contribution in [0, 0.1) is 47.3 Å². The highest BCUT2D eigenvalue weighted by Crippen LogP contribution is 2.39. The lowest BCUT2D eigenvalue weighted by Crippen LogP contribution is -2.35. The third-order valence-corrected chi connectivity index (χ3v) is 18.2. The molecule has 2 heterocycles. The number of ketones is 4. The standard InChI is InChI=1S/C39H52N2O7.C36H46N2O7.C3H9N/c1-9-10-14-30-31-20-22(2)19-25(5)34(42)26(6)21-27(7)37(48-39(40)46)23(3)12-11-13-24(4)38(45)41-33(36(31)44)32(35(30)43)28-15-17-29(47-8)18-16-28;1-19-16-22(4)31(39)23(5)18-24(6)34(45-36(37)43)20(2)10-9-11-21(3)35(42)38-30-29(26-12-14-27(44-8)15-13-26)32(40)25(7)28(17-19)33(30)41;1-2-3-4/h11-13,15-18,21-23,25-26,34,37,42H,9-10,14,19-20H2,1-8H3,(H2,40,46)(H,41,45);9-15,18-20,22-23,31,34,39H,16-17H2,1-8H3,(H2,37,43)(H,38,42);2-4H2,1H3/b12-11-,24-13+,27-21+;10-9-,21-11+,24-18+;/t22-,23-,25-,26-,34-,37+;19-,20-,22-,23-,31-,34+;/m00./s1. The van der Waals surface area contributed by atoms with Crippen LogP contribution < -0.4 is 37.3 Å². The number of methoxy groups -OCH3 is 2. The third kappa shape index (κ3) is 22.5. The normalized spacial score (nSPS) is 29.0. The van der Waals surface area contributed by atoms with Crippen molar-refractivity contribution < 1.29 is 67.5 Å². The molecule has 6 rings (SSSR count). The molecule has 2 aliphatic carbocycles. The zero-order valence-corrected chi connectivity index (χ0v) is 60.1. The van der Waals surface area contributed by atoms with E-state index in [2.05, 4.69) is 17.6 Å². The number of nitrogens with one attached hydrogen (secondary N) is 2. The van der Waals surface area contributed by atoms with Gasteiger partial charge in [0.2, 0.25) is 11.6 Å². The minimum absolute atomic E-state index is 0.0444. The quantitative estimate of drug-likeness (QED) is 0.0859. The molecule has 0 aromatic heterocycles. The lowest BCUT2D eigenvalue weighted by molar-refractivity contribution is -0.120. The van der Waals surface area contributed by atoms with Crippen molar-refractivity contribution in [2.24, 2.45) is 64.5 Å². The fourth-order valence-electron chi connectivity index (χ4n) is 12.7. The summed E-state index contributed by atoms with van der Waals surface area (Å²) in [5.41, 5.74) is 20.7. The van der Waals surface area contributed by atoms with Crippen LogP contribution in [0.1, 0.15) is 166 Å². The van der Waals surface area contributed by atoms with E-state index in [9.17, 15) is 48.6 Å². The summed E-state index contributed by atoms with van der Waals surface area (Å²) in [5, 5.41) is 28.1. The number of aliphatic hydroxyl groups excluding tert-OH is 2. The summed E-state index contributed by atoms with van der Waals surface area (Å²) < 4.78 is 21.5. The summed E-state index contributed by atoms with van der Waals surface area (Å²) in [4.78, 5) is 107. The molecule has 0 saturated heterocycles. The van der Waals surface area contributed by atoms with E-state index in [1.165, 1.54) is 7.11 Å². The van der Waals surface area contributed by atoms with Crippen molar-refractivity contribution in [3.8, 4) is 11.5 Å². The van der Waals surface area contributed by atoms with Crippen LogP contribution >= 0.6 is 0 Å². The lowest BCUT2D eigenvalue weighted by Gasteiger charge is -2.29. The Bertz CT molecular complexity index is 3500. The number of carbonyl (C=O) groups excluding carboxylic acids is 8. The Balaban J connectivity index is 0.000000391. The molecular weight excluding hydrogens is 1230 g/mol. The molecule has 97 heavy (non-hydrogen) atoms. The number of amides is 4. The summed E-state index contributed by atoms with van der Waals surface area (Å²) in [6, 6.07) is 13.6. The van der Waals surface area contributed by atoms with Crippen molar-refractivity contribution in [2.45, 2.75) is 180 Å². The summed E-state index contributed by atoms with van der Waals surface area (Å²) in [6.45, 7) is 28.9. The van der Waals surface area contributed by atoms with Crippen LogP contribution in [0.15, 0.2) is 153 Å². The molecular formula is C78H107N5O14. The average Bonchev–Trinajstić information content (AvgIpc) is 0.820. The third-order valence-electron chi connectivity index (χ3n) is 18.2. The number of nitrogens with two attached hydrogens (primary N) is 3. The largest absolute Gasteiger partial charge is 0.497 e. The molecule has 10 N–H and O–H groups in total. The van der Waals surface area contributed by atoms with Crippen LogP contribution in [0.4, 0.5) is 9.59 Å². The maximum absolute atomic E-state index is 14.4. The second kappa shape index (κ2) is 38.4. The molecule has 2 aliphatic heterocycles. The van der Waals surface area contributed by atoms with Crippen LogP contribution in [0.25, 0.3) is 11.1 Å². The van der Waals surface area contributed by atoms with Crippen molar-refractivity contribution in [3.63, 3.8) is 0 Å². The van der Waals surface area contributed by atoms with Gasteiger partial charge in [0.1, 0.15) is 35.1 Å². The molecule has 4 amide bonds. The first-order valence-corrected chi connectivity index (χ1v) is 33.8. The molecule has 4 bridgehead atoms. The van der Waals surface area contributed by atoms with Crippen molar-refractivity contribution in [2.75, 3.05) is 20.8 Å². The number of benzene rings is 2. The molecule has 2 aromatic rings. The van der Waals surface area contributed by atoms with Crippen LogP contribution in [0.3, 0.4) is 0 Å². The fraction of sp³-hybridized carbons (Fsp3) is 0.487. The number of Topliss-reactive ketones (excluding diaryl/α,β-unsaturated/α-hetero) is 4. The van der Waals surface area contributed by atoms with E-state index in [-0.39, 0.29) is 87.2 Å². The van der Waals surface area contributed by atoms with Crippen LogP contribution in [0.5, 0.6) is 11.5 Å². The summed E-state index contributed by atoms with van der Waals surface area (Å²) in [5.74, 6) is -2.85. The Morgan fingerprint density at radius 3 is 1.27 bits per heavy atom. The number of rotatable bonds is 10. The summed E-state index contributed by atoms with van der Waals surface area (Å²) >= 11 is 0. The molecule has 0 unspecified atom stereocenters. The van der Waals surface area contributed by atoms with Gasteiger partial charge >= 0.3 is 12.2 Å². The monoisotopic (exact) mass is 1340 g/mol. The van der Waals surface area contributed by atoms with E-state index in [0.29, 0.717) is 88.2 Å². The van der Waals surface area contributed by atoms with Gasteiger partial charge in [0.15, 0.2) is 11.6 Å². The summed E-state index contributed by atoms with van der Waals surface area (Å²) in [7, 11) is 3.08. The Morgan fingerprint density at radius 1 is 0.536 bits per heavy atom. The van der Waals surface area contributed by atoms with Crippen LogP contribution in [0.2, 0.25) is 0 Å². The smallest absolute Gasteiger partial charge is 0.405 e. The number of hydrogen-bond donors (Lipinski definition) is 7. The number of ether oxygens (including phenoxy) is 4. The first-order chi connectivity index (χ1) is 45.8. The predicted octanol–water partition coefficient (Wildman–Crippen LogP) is 12.7. The maximum Gasteiger partial charge on any atom is 0.405 e. The molecule has 0 spiro atoms. The summed E-state index contributed by atoms with van der Waals surface area (Å²) in [6.07, 6.45) is 14.2. The second-order valence-electron chi connectivity index (χ2n) is 26.6. The first kappa shape index (κ1) is 80.9. The van der Waals surface area contributed by atoms with Crippen molar-refractivity contribution >= 4 is 58.3 Å². The number of fused-ring (bicyclic) bond motifs is 4. The van der Waals surface area contributed by atoms with E-state index >= 15 is 0 Å². The molecule has 12 atom stereocenters. The van der Waals surface area contributed by atoms with Gasteiger partial charge in [0, 0.05) is 57.1 Å². The highest BCUT2D eigenvalue weighted by molar-refractivity contribution is 6.41. The molecule has 0 saturated carbocycles. The molecule has 19 heteroatoms. The highest BCUT2D eigenvalue weighted by atomic mass is 16.6. The van der Waals surface area contributed by atoms with Gasteiger partial charge in [-0.05, 0) is 156 Å². The molecule has 528 valence electrons. The minimum atomic E-state index is -0.913. The average molecular weight is 1340 g/mol. The van der Waals surface area contributed by atoms with E-state index in [1.807, 2.05) is 88.3 Å². The Labute approximate surface area is 574 Å². The number of hydrogen-bond acceptors (Lipinski definition) is 15. The Hall–Kier alpha value is -8.52. The zero-order valence-electron chi connectivity index (χ0n) is 60.1. The minimum Gasteiger partial charge on any atom is -0.497 e. The van der Waals surface area contributed by atoms with Gasteiger partial charge < -0.3 is 57.0 Å². The molecule has 2 aromatic carbocycles. The van der Waals surface area contributed by atoms with E-state index in [1.54, 1.807) is 113 Å². The number of allylic oxidation sites excluding steroid dienone is 10. The predicted molar refractivity (Wildman–Crippen MR) is 381 cm³/mol. The van der Waals surface area contributed by atoms with Gasteiger partial charge in [-0.3, -0.25) is 28.8 Å². The van der Waals surface area contributed by atoms with Crippen LogP contribution in [-0.4, -0.2) is 103 Å². The van der Waals surface area contributed by atoms with E-state index in [0.717, 1.165) is 37.0 Å². The number of aliphatic hydroxyl groups is 2. The molecule has 0 radical (unpaired) electrons. The molecule has 0 fully saturated rings. The van der Waals surface area contributed by atoms with Crippen molar-refractivity contribution in [3.05, 3.63) is 164 Å².